The summed E-state index contributed by atoms with van der Waals surface area (Å²) < 4.78 is 11.9. The lowest BCUT2D eigenvalue weighted by Gasteiger charge is -2.41. The van der Waals surface area contributed by atoms with Crippen LogP contribution in [-0.4, -0.2) is 138 Å². The molecule has 4 rings (SSSR count). The molecule has 2 aliphatic heterocycles. The smallest absolute Gasteiger partial charge is 0.326 e. The Balaban J connectivity index is 1.48. The van der Waals surface area contributed by atoms with Crippen molar-refractivity contribution in [3.05, 3.63) is 77.9 Å². The number of nitrogens with one attached hydrogen (secondary N) is 1. The molecule has 0 bridgehead atoms. The zero-order chi connectivity index (χ0) is 49.9. The summed E-state index contributed by atoms with van der Waals surface area (Å²) in [6.07, 6.45) is 2.63. The van der Waals surface area contributed by atoms with Gasteiger partial charge in [0.05, 0.1) is 48.4 Å². The number of imide groups is 1. The summed E-state index contributed by atoms with van der Waals surface area (Å²) in [6, 6.07) is 11.9. The number of amides is 6. The fourth-order valence-electron chi connectivity index (χ4n) is 9.64. The maximum Gasteiger partial charge on any atom is 0.326 e. The van der Waals surface area contributed by atoms with E-state index in [4.69, 9.17) is 9.47 Å². The number of likely N-dealkylation sites (tertiary alicyclic amines) is 1. The number of carbonyl (C=O) groups is 8. The summed E-state index contributed by atoms with van der Waals surface area (Å²) in [5.41, 5.74) is 1.33. The second kappa shape index (κ2) is 24.3. The lowest BCUT2D eigenvalue weighted by atomic mass is 9.83. The average molecular weight is 930 g/mol. The highest BCUT2D eigenvalue weighted by Gasteiger charge is 2.44. The monoisotopic (exact) mass is 930 g/mol. The topological polar surface area (TPSA) is 200 Å². The lowest BCUT2D eigenvalue weighted by Crippen LogP contribution is -2.55. The van der Waals surface area contributed by atoms with Crippen LogP contribution in [0.25, 0.3) is 0 Å². The number of nitrogens with zero attached hydrogens (tertiary/aromatic N) is 4. The first kappa shape index (κ1) is 53.9. The van der Waals surface area contributed by atoms with Crippen LogP contribution in [0.5, 0.6) is 0 Å². The molecule has 0 spiro atoms. The highest BCUT2D eigenvalue weighted by Crippen LogP contribution is 2.32. The van der Waals surface area contributed by atoms with Crippen LogP contribution in [0.1, 0.15) is 96.5 Å². The summed E-state index contributed by atoms with van der Waals surface area (Å²) in [5.74, 6) is -6.16. The van der Waals surface area contributed by atoms with Crippen molar-refractivity contribution >= 4 is 52.9 Å². The largest absolute Gasteiger partial charge is 0.480 e. The van der Waals surface area contributed by atoms with E-state index in [2.05, 4.69) is 5.32 Å². The lowest BCUT2D eigenvalue weighted by molar-refractivity contribution is -0.149. The van der Waals surface area contributed by atoms with Gasteiger partial charge in [0.2, 0.25) is 17.7 Å². The van der Waals surface area contributed by atoms with Crippen LogP contribution >= 0.6 is 0 Å². The molecule has 67 heavy (non-hydrogen) atoms. The predicted molar refractivity (Wildman–Crippen MR) is 253 cm³/mol. The number of carboxylic acid groups (broad SMARTS) is 1. The zero-order valence-electron chi connectivity index (χ0n) is 41.0. The Bertz CT molecular complexity index is 2090. The minimum Gasteiger partial charge on any atom is -0.480 e. The summed E-state index contributed by atoms with van der Waals surface area (Å²) in [7, 11) is 6.20. The van der Waals surface area contributed by atoms with Crippen LogP contribution in [0, 0.1) is 29.6 Å². The Morgan fingerprint density at radius 1 is 0.821 bits per heavy atom. The van der Waals surface area contributed by atoms with Gasteiger partial charge in [-0.1, -0.05) is 85.2 Å². The van der Waals surface area contributed by atoms with E-state index in [9.17, 15) is 43.5 Å². The highest BCUT2D eigenvalue weighted by molar-refractivity contribution is 6.28. The van der Waals surface area contributed by atoms with Gasteiger partial charge in [-0.15, -0.1) is 0 Å². The molecular formula is C51H71N5O11. The first-order chi connectivity index (χ1) is 31.7. The normalized spacial score (nSPS) is 18.6. The summed E-state index contributed by atoms with van der Waals surface area (Å²) in [6.45, 7) is 13.5. The number of carbonyl (C=O) groups excluding carboxylic acids is 7. The van der Waals surface area contributed by atoms with Crippen molar-refractivity contribution in [3.63, 3.8) is 0 Å². The molecule has 1 fully saturated rings. The third-order valence-electron chi connectivity index (χ3n) is 13.6. The Hall–Kier alpha value is -5.74. The van der Waals surface area contributed by atoms with E-state index in [1.54, 1.807) is 55.1 Å². The van der Waals surface area contributed by atoms with E-state index in [1.165, 1.54) is 55.5 Å². The Labute approximate surface area is 395 Å². The van der Waals surface area contributed by atoms with Crippen molar-refractivity contribution in [2.45, 2.75) is 123 Å². The molecule has 366 valence electrons. The molecular weight excluding hydrogens is 859 g/mol. The van der Waals surface area contributed by atoms with Crippen LogP contribution in [0.3, 0.4) is 0 Å². The number of hydrogen-bond donors (Lipinski definition) is 2. The molecule has 16 heteroatoms. The maximum atomic E-state index is 14.7. The Kier molecular flexibility index (Phi) is 19.6. The minimum atomic E-state index is -1.16. The second-order valence-corrected chi connectivity index (χ2v) is 18.7. The standard InChI is InChI=1S/C51H71N5O11/c1-12-32(6)46(41(66-10)29-44(60)55-26-16-19-39(55)47(67-11)33(7)48(61)52-38(51(64)65)27-34-17-14-13-15-18-34)54(9)50(63)37(30(2)3)28-40(57)45(31(4)5)53(8)49(62)35-20-22-36(23-21-35)56-42(58)24-25-43(56)59/h13-15,17-18,20-25,30-33,37-39,41,45-47H,12,16,19,26-29H2,1-11H3,(H,52,61)(H,64,65)/t32-,33+,37-,38-,39-,41+,45-,46-,47+/m0/s1. The molecule has 1 saturated heterocycles. The number of hydrogen-bond acceptors (Lipinski definition) is 10. The number of likely N-dealkylation sites (N-methyl/N-ethyl adjacent to an activating group) is 2. The van der Waals surface area contributed by atoms with Crippen LogP contribution < -0.4 is 10.2 Å². The number of benzene rings is 2. The molecule has 9 atom stereocenters. The van der Waals surface area contributed by atoms with Crippen molar-refractivity contribution < 1.29 is 52.9 Å². The molecule has 0 aliphatic carbocycles. The van der Waals surface area contributed by atoms with Crippen LogP contribution in [0.2, 0.25) is 0 Å². The second-order valence-electron chi connectivity index (χ2n) is 18.7. The number of methoxy groups -OCH3 is 2. The fraction of sp³-hybridized carbons (Fsp3) is 0.569. The number of anilines is 1. The molecule has 0 unspecified atom stereocenters. The van der Waals surface area contributed by atoms with Crippen molar-refractivity contribution in [1.82, 2.24) is 20.0 Å². The van der Waals surface area contributed by atoms with Crippen molar-refractivity contribution in [3.8, 4) is 0 Å². The fourth-order valence-corrected chi connectivity index (χ4v) is 9.64. The van der Waals surface area contributed by atoms with Gasteiger partial charge in [0, 0.05) is 71.3 Å². The van der Waals surface area contributed by atoms with E-state index in [1.807, 2.05) is 47.6 Å². The Morgan fingerprint density at radius 2 is 1.43 bits per heavy atom. The van der Waals surface area contributed by atoms with Gasteiger partial charge in [0.15, 0.2) is 5.78 Å². The number of aliphatic carboxylic acids is 1. The van der Waals surface area contributed by atoms with Gasteiger partial charge < -0.3 is 34.6 Å². The van der Waals surface area contributed by atoms with E-state index in [-0.39, 0.29) is 60.2 Å². The maximum absolute atomic E-state index is 14.7. The molecule has 0 saturated carbocycles. The van der Waals surface area contributed by atoms with Crippen LogP contribution in [-0.2, 0) is 49.5 Å². The molecule has 2 N–H and O–H groups in total. The molecule has 2 aliphatic rings. The number of ketones is 1. The van der Waals surface area contributed by atoms with Gasteiger partial charge in [-0.3, -0.25) is 33.6 Å². The van der Waals surface area contributed by atoms with Crippen molar-refractivity contribution in [2.75, 3.05) is 39.8 Å². The van der Waals surface area contributed by atoms with Crippen LogP contribution in [0.15, 0.2) is 66.7 Å². The number of rotatable bonds is 24. The third-order valence-corrected chi connectivity index (χ3v) is 13.6. The van der Waals surface area contributed by atoms with E-state index >= 15 is 0 Å². The van der Waals surface area contributed by atoms with E-state index < -0.39 is 77.8 Å². The summed E-state index contributed by atoms with van der Waals surface area (Å²) in [5, 5.41) is 12.6. The molecule has 16 nitrogen and oxygen atoms in total. The number of Topliss-reactive ketones (excluding diaryl/α,β-unsaturated/α-hetero) is 1. The molecule has 2 heterocycles. The quantitative estimate of drug-likeness (QED) is 0.132. The van der Waals surface area contributed by atoms with Gasteiger partial charge in [-0.2, -0.15) is 0 Å². The number of carboxylic acids is 1. The van der Waals surface area contributed by atoms with Gasteiger partial charge in [-0.05, 0) is 60.4 Å². The van der Waals surface area contributed by atoms with Gasteiger partial charge in [0.25, 0.3) is 17.7 Å². The van der Waals surface area contributed by atoms with E-state index in [0.29, 0.717) is 31.5 Å². The van der Waals surface area contributed by atoms with Crippen LogP contribution in [0.4, 0.5) is 5.69 Å². The molecule has 0 aromatic heterocycles. The molecule has 2 aromatic carbocycles. The molecule has 0 radical (unpaired) electrons. The van der Waals surface area contributed by atoms with Crippen molar-refractivity contribution in [2.24, 2.45) is 29.6 Å². The predicted octanol–water partition coefficient (Wildman–Crippen LogP) is 5.18. The zero-order valence-corrected chi connectivity index (χ0v) is 41.0. The molecule has 6 amide bonds. The van der Waals surface area contributed by atoms with Gasteiger partial charge in [0.1, 0.15) is 6.04 Å². The van der Waals surface area contributed by atoms with Gasteiger partial charge >= 0.3 is 5.97 Å². The minimum absolute atomic E-state index is 0.0784. The summed E-state index contributed by atoms with van der Waals surface area (Å²) in [4.78, 5) is 113. The van der Waals surface area contributed by atoms with Gasteiger partial charge in [-0.25, -0.2) is 9.69 Å². The SMILES string of the molecule is CC[C@H](C)[C@@H]([C@@H](CC(=O)N1CCC[C@H]1[C@H](OC)[C@@H](C)C(=O)N[C@@H](Cc1ccccc1)C(=O)O)OC)N(C)C(=O)[C@@H](CC(=O)[C@H](C(C)C)N(C)C(=O)c1ccc(N2C(=O)C=CC2=O)cc1)C(C)C. The van der Waals surface area contributed by atoms with Crippen molar-refractivity contribution in [1.29, 1.82) is 0 Å². The summed E-state index contributed by atoms with van der Waals surface area (Å²) >= 11 is 0. The third kappa shape index (κ3) is 13.0. The Morgan fingerprint density at radius 3 is 1.96 bits per heavy atom. The first-order valence-electron chi connectivity index (χ1n) is 23.3. The first-order valence-corrected chi connectivity index (χ1v) is 23.3. The highest BCUT2D eigenvalue weighted by atomic mass is 16.5. The van der Waals surface area contributed by atoms with E-state index in [0.717, 1.165) is 10.5 Å². The number of ether oxygens (including phenoxy) is 2. The average Bonchev–Trinajstić information content (AvgIpc) is 3.92. The molecule has 2 aromatic rings.